The number of likely N-dealkylation sites (tertiary alicyclic amines) is 1. The van der Waals surface area contributed by atoms with Crippen molar-refractivity contribution in [3.63, 3.8) is 0 Å². The number of hydrogen-bond acceptors (Lipinski definition) is 2. The zero-order valence-electron chi connectivity index (χ0n) is 12.3. The molecule has 112 valence electrons. The number of aryl methyl sites for hydroxylation is 1. The third-order valence-electron chi connectivity index (χ3n) is 4.97. The third kappa shape index (κ3) is 2.55. The van der Waals surface area contributed by atoms with E-state index in [-0.39, 0.29) is 23.7 Å². The van der Waals surface area contributed by atoms with Crippen LogP contribution in [0.1, 0.15) is 36.8 Å². The molecule has 1 saturated heterocycles. The second kappa shape index (κ2) is 5.51. The van der Waals surface area contributed by atoms with E-state index in [4.69, 9.17) is 0 Å². The van der Waals surface area contributed by atoms with Gasteiger partial charge >= 0.3 is 5.97 Å². The van der Waals surface area contributed by atoms with Crippen LogP contribution in [0.2, 0.25) is 0 Å². The molecule has 21 heavy (non-hydrogen) atoms. The Kier molecular flexibility index (Phi) is 3.70. The summed E-state index contributed by atoms with van der Waals surface area (Å²) in [5, 5.41) is 9.17. The van der Waals surface area contributed by atoms with Crippen LogP contribution in [0.4, 0.5) is 0 Å². The molecule has 3 atom stereocenters. The fourth-order valence-corrected chi connectivity index (χ4v) is 3.75. The predicted octanol–water partition coefficient (Wildman–Crippen LogP) is 2.29. The van der Waals surface area contributed by atoms with E-state index in [0.717, 1.165) is 18.4 Å². The number of benzene rings is 1. The molecule has 3 unspecified atom stereocenters. The molecule has 1 amide bonds. The van der Waals surface area contributed by atoms with Crippen molar-refractivity contribution in [3.8, 4) is 0 Å². The summed E-state index contributed by atoms with van der Waals surface area (Å²) in [6.07, 6.45) is 2.41. The monoisotopic (exact) mass is 287 g/mol. The number of nitrogens with zero attached hydrogens (tertiary/aromatic N) is 1. The molecular weight excluding hydrogens is 266 g/mol. The highest BCUT2D eigenvalue weighted by Gasteiger charge is 2.37. The molecule has 1 aliphatic carbocycles. The van der Waals surface area contributed by atoms with Gasteiger partial charge in [-0.15, -0.1) is 0 Å². The molecule has 0 saturated carbocycles. The lowest BCUT2D eigenvalue weighted by Gasteiger charge is -2.36. The van der Waals surface area contributed by atoms with Crippen LogP contribution in [0.15, 0.2) is 24.3 Å². The van der Waals surface area contributed by atoms with Crippen LogP contribution >= 0.6 is 0 Å². The highest BCUT2D eigenvalue weighted by molar-refractivity contribution is 5.85. The standard InChI is InChI=1S/C17H21NO3/c1-11-10-18(9-8-13(11)17(20)21)16(19)15-7-6-12-4-2-3-5-14(12)15/h2-5,11,13,15H,6-10H2,1H3,(H,20,21). The van der Waals surface area contributed by atoms with Gasteiger partial charge in [0.2, 0.25) is 5.91 Å². The lowest BCUT2D eigenvalue weighted by atomic mass is 9.86. The Labute approximate surface area is 124 Å². The van der Waals surface area contributed by atoms with Gasteiger partial charge in [0.1, 0.15) is 0 Å². The molecule has 2 aliphatic rings. The number of fused-ring (bicyclic) bond motifs is 1. The van der Waals surface area contributed by atoms with Gasteiger partial charge in [-0.2, -0.15) is 0 Å². The van der Waals surface area contributed by atoms with Crippen molar-refractivity contribution < 1.29 is 14.7 Å². The lowest BCUT2D eigenvalue weighted by Crippen LogP contribution is -2.46. The van der Waals surface area contributed by atoms with Gasteiger partial charge in [0, 0.05) is 13.1 Å². The Bertz CT molecular complexity index is 569. The molecule has 0 bridgehead atoms. The summed E-state index contributed by atoms with van der Waals surface area (Å²) in [5.74, 6) is -0.881. The Hall–Kier alpha value is -1.84. The molecule has 0 radical (unpaired) electrons. The first kappa shape index (κ1) is 14.1. The van der Waals surface area contributed by atoms with E-state index >= 15 is 0 Å². The first-order chi connectivity index (χ1) is 10.1. The minimum absolute atomic E-state index is 0.0249. The Balaban J connectivity index is 1.72. The fourth-order valence-electron chi connectivity index (χ4n) is 3.75. The fraction of sp³-hybridized carbons (Fsp3) is 0.529. The summed E-state index contributed by atoms with van der Waals surface area (Å²) in [5.41, 5.74) is 2.44. The highest BCUT2D eigenvalue weighted by atomic mass is 16.4. The molecule has 1 aromatic carbocycles. The number of piperidine rings is 1. The maximum atomic E-state index is 12.8. The Morgan fingerprint density at radius 1 is 1.24 bits per heavy atom. The summed E-state index contributed by atoms with van der Waals surface area (Å²) in [6.45, 7) is 3.06. The smallest absolute Gasteiger partial charge is 0.306 e. The number of carboxylic acid groups (broad SMARTS) is 1. The van der Waals surface area contributed by atoms with Crippen LogP contribution in [-0.2, 0) is 16.0 Å². The van der Waals surface area contributed by atoms with Crippen LogP contribution in [0.25, 0.3) is 0 Å². The minimum Gasteiger partial charge on any atom is -0.481 e. The van der Waals surface area contributed by atoms with E-state index in [1.807, 2.05) is 24.0 Å². The number of hydrogen-bond donors (Lipinski definition) is 1. The van der Waals surface area contributed by atoms with Gasteiger partial charge in [0.15, 0.2) is 0 Å². The highest BCUT2D eigenvalue weighted by Crippen LogP contribution is 2.35. The van der Waals surface area contributed by atoms with E-state index in [2.05, 4.69) is 12.1 Å². The van der Waals surface area contributed by atoms with E-state index in [1.54, 1.807) is 0 Å². The zero-order chi connectivity index (χ0) is 15.0. The summed E-state index contributed by atoms with van der Waals surface area (Å²) in [6, 6.07) is 8.16. The summed E-state index contributed by atoms with van der Waals surface area (Å²) in [7, 11) is 0. The van der Waals surface area contributed by atoms with Crippen LogP contribution < -0.4 is 0 Å². The lowest BCUT2D eigenvalue weighted by molar-refractivity contribution is -0.148. The van der Waals surface area contributed by atoms with Crippen LogP contribution in [-0.4, -0.2) is 35.0 Å². The van der Waals surface area contributed by atoms with Crippen molar-refractivity contribution in [2.24, 2.45) is 11.8 Å². The topological polar surface area (TPSA) is 57.6 Å². The van der Waals surface area contributed by atoms with Crippen LogP contribution in [0.3, 0.4) is 0 Å². The molecule has 4 heteroatoms. The second-order valence-corrected chi connectivity index (χ2v) is 6.29. The summed E-state index contributed by atoms with van der Waals surface area (Å²) >= 11 is 0. The predicted molar refractivity (Wildman–Crippen MR) is 79.0 cm³/mol. The molecule has 0 spiro atoms. The van der Waals surface area contributed by atoms with Crippen molar-refractivity contribution in [2.75, 3.05) is 13.1 Å². The Morgan fingerprint density at radius 2 is 2.00 bits per heavy atom. The first-order valence-corrected chi connectivity index (χ1v) is 7.67. The van der Waals surface area contributed by atoms with Gasteiger partial charge in [-0.05, 0) is 36.3 Å². The molecule has 4 nitrogen and oxygen atoms in total. The minimum atomic E-state index is -0.735. The zero-order valence-corrected chi connectivity index (χ0v) is 12.3. The number of carbonyl (C=O) groups is 2. The number of aliphatic carboxylic acids is 1. The number of amides is 1. The largest absolute Gasteiger partial charge is 0.481 e. The van der Waals surface area contributed by atoms with Crippen molar-refractivity contribution in [1.29, 1.82) is 0 Å². The Morgan fingerprint density at radius 3 is 2.71 bits per heavy atom. The van der Waals surface area contributed by atoms with Gasteiger partial charge in [-0.1, -0.05) is 31.2 Å². The average Bonchev–Trinajstić information content (AvgIpc) is 2.90. The molecule has 0 aromatic heterocycles. The van der Waals surface area contributed by atoms with E-state index in [9.17, 15) is 14.7 Å². The molecule has 3 rings (SSSR count). The number of carboxylic acids is 1. The van der Waals surface area contributed by atoms with Crippen LogP contribution in [0, 0.1) is 11.8 Å². The van der Waals surface area contributed by atoms with E-state index < -0.39 is 5.97 Å². The normalized spacial score (nSPS) is 28.2. The third-order valence-corrected chi connectivity index (χ3v) is 4.97. The molecule has 1 aromatic rings. The second-order valence-electron chi connectivity index (χ2n) is 6.29. The SMILES string of the molecule is CC1CN(C(=O)C2CCc3ccccc32)CCC1C(=O)O. The molecular formula is C17H21NO3. The maximum Gasteiger partial charge on any atom is 0.306 e. The van der Waals surface area contributed by atoms with E-state index in [0.29, 0.717) is 19.5 Å². The van der Waals surface area contributed by atoms with Gasteiger partial charge < -0.3 is 10.0 Å². The van der Waals surface area contributed by atoms with Crippen molar-refractivity contribution in [3.05, 3.63) is 35.4 Å². The van der Waals surface area contributed by atoms with Gasteiger partial charge in [-0.3, -0.25) is 9.59 Å². The first-order valence-electron chi connectivity index (χ1n) is 7.67. The van der Waals surface area contributed by atoms with Crippen molar-refractivity contribution in [2.45, 2.75) is 32.1 Å². The quantitative estimate of drug-likeness (QED) is 0.908. The summed E-state index contributed by atoms with van der Waals surface area (Å²) in [4.78, 5) is 25.8. The van der Waals surface area contributed by atoms with Crippen molar-refractivity contribution >= 4 is 11.9 Å². The van der Waals surface area contributed by atoms with Gasteiger partial charge in [0.25, 0.3) is 0 Å². The molecule has 1 heterocycles. The molecule has 1 N–H and O–H groups in total. The summed E-state index contributed by atoms with van der Waals surface area (Å²) < 4.78 is 0. The maximum absolute atomic E-state index is 12.8. The average molecular weight is 287 g/mol. The van der Waals surface area contributed by atoms with Gasteiger partial charge in [-0.25, -0.2) is 0 Å². The van der Waals surface area contributed by atoms with E-state index in [1.165, 1.54) is 5.56 Å². The number of carbonyl (C=O) groups excluding carboxylic acids is 1. The molecule has 1 fully saturated rings. The van der Waals surface area contributed by atoms with Crippen LogP contribution in [0.5, 0.6) is 0 Å². The van der Waals surface area contributed by atoms with Crippen molar-refractivity contribution in [1.82, 2.24) is 4.90 Å². The molecule has 1 aliphatic heterocycles. The number of rotatable bonds is 2. The van der Waals surface area contributed by atoms with Gasteiger partial charge in [0.05, 0.1) is 11.8 Å².